The van der Waals surface area contributed by atoms with Gasteiger partial charge in [-0.05, 0) is 42.2 Å². The van der Waals surface area contributed by atoms with E-state index in [1.165, 1.54) is 12.1 Å². The van der Waals surface area contributed by atoms with E-state index in [1.54, 1.807) is 24.3 Å². The fraction of sp³-hybridized carbons (Fsp3) is 0.414. The van der Waals surface area contributed by atoms with E-state index in [1.807, 2.05) is 32.0 Å². The topological polar surface area (TPSA) is 160 Å². The van der Waals surface area contributed by atoms with Crippen molar-refractivity contribution in [1.82, 2.24) is 20.3 Å². The largest absolute Gasteiger partial charge is 0.480 e. The van der Waals surface area contributed by atoms with E-state index in [-0.39, 0.29) is 42.0 Å². The molecule has 0 saturated carbocycles. The number of carbonyl (C=O) groups excluding carboxylic acids is 1. The average Bonchev–Trinajstić information content (AvgIpc) is 2.97. The molecule has 5 N–H and O–H groups in total. The molecule has 3 aromatic rings. The Hall–Kier alpha value is -4.36. The summed E-state index contributed by atoms with van der Waals surface area (Å²) < 4.78 is 24.6. The first-order valence-electron chi connectivity index (χ1n) is 13.8. The fourth-order valence-electron chi connectivity index (χ4n) is 3.76. The van der Waals surface area contributed by atoms with Crippen molar-refractivity contribution in [2.45, 2.75) is 32.9 Å². The molecule has 0 aliphatic heterocycles. The number of aromatic nitrogens is 3. The third-order valence-electron chi connectivity index (χ3n) is 5.75. The van der Waals surface area contributed by atoms with Crippen LogP contribution in [-0.2, 0) is 20.8 Å². The van der Waals surface area contributed by atoms with Gasteiger partial charge in [0.1, 0.15) is 11.9 Å². The van der Waals surface area contributed by atoms with Gasteiger partial charge in [-0.1, -0.05) is 44.2 Å². The molecule has 0 bridgehead atoms. The summed E-state index contributed by atoms with van der Waals surface area (Å²) in [7, 11) is 0. The first kappa shape index (κ1) is 32.2. The number of amides is 1. The highest BCUT2D eigenvalue weighted by Crippen LogP contribution is 2.15. The Balaban J connectivity index is 1.44. The van der Waals surface area contributed by atoms with Crippen molar-refractivity contribution in [3.8, 4) is 0 Å². The summed E-state index contributed by atoms with van der Waals surface area (Å²) in [5.41, 5.74) is 1.29. The van der Waals surface area contributed by atoms with E-state index in [0.29, 0.717) is 57.1 Å². The van der Waals surface area contributed by atoms with Crippen molar-refractivity contribution in [3.05, 3.63) is 71.5 Å². The maximum atomic E-state index is 13.6. The molecule has 42 heavy (non-hydrogen) atoms. The number of hydrogen-bond acceptors (Lipinski definition) is 10. The number of aliphatic carboxylic acids is 1. The smallest absolute Gasteiger partial charge is 0.326 e. The van der Waals surface area contributed by atoms with Crippen LogP contribution in [0.5, 0.6) is 0 Å². The highest BCUT2D eigenvalue weighted by atomic mass is 19.1. The molecule has 0 aliphatic rings. The van der Waals surface area contributed by atoms with Gasteiger partial charge in [0.05, 0.1) is 26.4 Å². The zero-order valence-electron chi connectivity index (χ0n) is 23.8. The Morgan fingerprint density at radius 2 is 1.52 bits per heavy atom. The van der Waals surface area contributed by atoms with Gasteiger partial charge in [-0.3, -0.25) is 4.79 Å². The molecule has 226 valence electrons. The van der Waals surface area contributed by atoms with Crippen molar-refractivity contribution in [1.29, 1.82) is 0 Å². The van der Waals surface area contributed by atoms with Crippen molar-refractivity contribution in [2.24, 2.45) is 5.92 Å². The average molecular weight is 584 g/mol. The lowest BCUT2D eigenvalue weighted by Crippen LogP contribution is -2.32. The Morgan fingerprint density at radius 3 is 2.19 bits per heavy atom. The molecule has 12 nitrogen and oxygen atoms in total. The molecule has 0 saturated heterocycles. The number of nitrogens with zero attached hydrogens (tertiary/aromatic N) is 3. The predicted molar refractivity (Wildman–Crippen MR) is 157 cm³/mol. The van der Waals surface area contributed by atoms with Gasteiger partial charge in [0, 0.05) is 25.2 Å². The number of benzene rings is 2. The normalized spacial score (nSPS) is 11.6. The molecule has 0 aliphatic carbocycles. The monoisotopic (exact) mass is 583 g/mol. The van der Waals surface area contributed by atoms with Crippen LogP contribution < -0.4 is 21.3 Å². The molecule has 13 heteroatoms. The standard InChI is InChI=1S/C29H38FN7O5/c1-20(2)17-24(26(39)40)34-29-36-27(35-28(37-29)33-19-21-7-6-10-23(30)18-21)32-12-14-42-16-15-41-13-11-31-25(38)22-8-4-3-5-9-22/h3-10,18,20,24H,11-17,19H2,1-2H3,(H,31,38)(H,39,40)(H3,32,33,34,35,36,37)/t24-/m0/s1. The molecular weight excluding hydrogens is 545 g/mol. The number of halogens is 1. The van der Waals surface area contributed by atoms with Gasteiger partial charge in [-0.25, -0.2) is 9.18 Å². The van der Waals surface area contributed by atoms with E-state index >= 15 is 0 Å². The molecule has 0 fully saturated rings. The summed E-state index contributed by atoms with van der Waals surface area (Å²) in [5.74, 6) is -0.869. The van der Waals surface area contributed by atoms with Crippen LogP contribution in [0.1, 0.15) is 36.2 Å². The zero-order valence-corrected chi connectivity index (χ0v) is 23.8. The van der Waals surface area contributed by atoms with Crippen LogP contribution in [-0.4, -0.2) is 77.5 Å². The van der Waals surface area contributed by atoms with Gasteiger partial charge in [-0.15, -0.1) is 0 Å². The Bertz CT molecular complexity index is 1270. The van der Waals surface area contributed by atoms with Gasteiger partial charge in [0.25, 0.3) is 5.91 Å². The minimum atomic E-state index is -1.01. The lowest BCUT2D eigenvalue weighted by atomic mass is 10.0. The zero-order chi connectivity index (χ0) is 30.2. The second-order valence-electron chi connectivity index (χ2n) is 9.73. The third-order valence-corrected chi connectivity index (χ3v) is 5.75. The van der Waals surface area contributed by atoms with E-state index in [2.05, 4.69) is 36.2 Å². The molecule has 0 radical (unpaired) electrons. The number of carboxylic acid groups (broad SMARTS) is 1. The maximum Gasteiger partial charge on any atom is 0.326 e. The molecule has 3 rings (SSSR count). The van der Waals surface area contributed by atoms with Crippen LogP contribution in [0.15, 0.2) is 54.6 Å². The molecule has 0 spiro atoms. The third kappa shape index (κ3) is 12.0. The molecule has 0 unspecified atom stereocenters. The van der Waals surface area contributed by atoms with Crippen LogP contribution in [0.25, 0.3) is 0 Å². The van der Waals surface area contributed by atoms with Crippen LogP contribution in [0.3, 0.4) is 0 Å². The van der Waals surface area contributed by atoms with Gasteiger partial charge >= 0.3 is 5.97 Å². The maximum absolute atomic E-state index is 13.6. The first-order valence-corrected chi connectivity index (χ1v) is 13.8. The minimum absolute atomic E-state index is 0.0935. The molecule has 1 aromatic heterocycles. The van der Waals surface area contributed by atoms with Gasteiger partial charge in [0.15, 0.2) is 0 Å². The molecular formula is C29H38FN7O5. The Morgan fingerprint density at radius 1 is 0.857 bits per heavy atom. The van der Waals surface area contributed by atoms with E-state index in [9.17, 15) is 19.1 Å². The van der Waals surface area contributed by atoms with E-state index in [0.717, 1.165) is 0 Å². The van der Waals surface area contributed by atoms with Gasteiger partial charge < -0.3 is 35.8 Å². The molecule has 1 heterocycles. The summed E-state index contributed by atoms with van der Waals surface area (Å²) in [6.45, 7) is 6.29. The molecule has 1 amide bonds. The Kier molecular flexibility index (Phi) is 13.4. The first-order chi connectivity index (χ1) is 20.3. The van der Waals surface area contributed by atoms with Crippen molar-refractivity contribution in [2.75, 3.05) is 55.5 Å². The van der Waals surface area contributed by atoms with Crippen molar-refractivity contribution in [3.63, 3.8) is 0 Å². The Labute approximate surface area is 244 Å². The number of nitrogens with one attached hydrogen (secondary N) is 4. The number of carboxylic acids is 1. The van der Waals surface area contributed by atoms with Crippen LogP contribution >= 0.6 is 0 Å². The van der Waals surface area contributed by atoms with E-state index < -0.39 is 12.0 Å². The minimum Gasteiger partial charge on any atom is -0.480 e. The lowest BCUT2D eigenvalue weighted by molar-refractivity contribution is -0.138. The summed E-state index contributed by atoms with van der Waals surface area (Å²) in [6.07, 6.45) is 0.380. The van der Waals surface area contributed by atoms with Crippen LogP contribution in [0, 0.1) is 11.7 Å². The van der Waals surface area contributed by atoms with Crippen LogP contribution in [0.4, 0.5) is 22.2 Å². The predicted octanol–water partition coefficient (Wildman–Crippen LogP) is 3.41. The number of rotatable bonds is 19. The van der Waals surface area contributed by atoms with Gasteiger partial charge in [-0.2, -0.15) is 15.0 Å². The summed E-state index contributed by atoms with van der Waals surface area (Å²) in [5, 5.41) is 21.4. The number of hydrogen-bond donors (Lipinski definition) is 5. The molecule has 2 aromatic carbocycles. The summed E-state index contributed by atoms with van der Waals surface area (Å²) in [6, 6.07) is 14.2. The second-order valence-corrected chi connectivity index (χ2v) is 9.73. The second kappa shape index (κ2) is 17.5. The van der Waals surface area contributed by atoms with Gasteiger partial charge in [0.2, 0.25) is 17.8 Å². The summed E-state index contributed by atoms with van der Waals surface area (Å²) in [4.78, 5) is 36.7. The number of ether oxygens (including phenoxy) is 2. The van der Waals surface area contributed by atoms with Crippen molar-refractivity contribution < 1.29 is 28.6 Å². The molecule has 1 atom stereocenters. The summed E-state index contributed by atoms with van der Waals surface area (Å²) >= 11 is 0. The fourth-order valence-corrected chi connectivity index (χ4v) is 3.76. The highest BCUT2D eigenvalue weighted by molar-refractivity contribution is 5.94. The quantitative estimate of drug-likeness (QED) is 0.132. The lowest BCUT2D eigenvalue weighted by Gasteiger charge is -2.17. The van der Waals surface area contributed by atoms with Crippen LogP contribution in [0.2, 0.25) is 0 Å². The SMILES string of the molecule is CC(C)C[C@H](Nc1nc(NCCOCCOCCNC(=O)c2ccccc2)nc(NCc2cccc(F)c2)n1)C(=O)O. The van der Waals surface area contributed by atoms with Crippen molar-refractivity contribution >= 4 is 29.7 Å². The highest BCUT2D eigenvalue weighted by Gasteiger charge is 2.20. The van der Waals surface area contributed by atoms with E-state index in [4.69, 9.17) is 9.47 Å². The number of anilines is 3. The number of carbonyl (C=O) groups is 2.